The molecule has 1 unspecified atom stereocenters. The van der Waals surface area contributed by atoms with Gasteiger partial charge in [0.25, 0.3) is 0 Å². The van der Waals surface area contributed by atoms with Gasteiger partial charge in [-0.15, -0.1) is 0 Å². The van der Waals surface area contributed by atoms with E-state index in [0.29, 0.717) is 12.1 Å². The van der Waals surface area contributed by atoms with Crippen molar-refractivity contribution in [1.29, 1.82) is 0 Å². The predicted molar refractivity (Wildman–Crippen MR) is 48.8 cm³/mol. The minimum atomic E-state index is 0.391. The van der Waals surface area contributed by atoms with Crippen molar-refractivity contribution in [2.24, 2.45) is 0 Å². The molecule has 0 saturated heterocycles. The van der Waals surface area contributed by atoms with E-state index in [9.17, 15) is 0 Å². The third kappa shape index (κ3) is 6.32. The van der Waals surface area contributed by atoms with Crippen LogP contribution >= 0.6 is 0 Å². The summed E-state index contributed by atoms with van der Waals surface area (Å²) in [6.07, 6.45) is 2.73. The van der Waals surface area contributed by atoms with Gasteiger partial charge < -0.3 is 10.1 Å². The molecule has 0 aliphatic carbocycles. The van der Waals surface area contributed by atoms with Crippen LogP contribution in [-0.2, 0) is 4.74 Å². The Morgan fingerprint density at radius 1 is 1.36 bits per heavy atom. The zero-order chi connectivity index (χ0) is 8.69. The maximum atomic E-state index is 5.28. The molecular weight excluding hydrogens is 138 g/mol. The normalized spacial score (nSPS) is 13.9. The zero-order valence-electron chi connectivity index (χ0n) is 8.18. The Morgan fingerprint density at radius 2 is 2.00 bits per heavy atom. The molecule has 0 radical (unpaired) electrons. The van der Waals surface area contributed by atoms with E-state index in [-0.39, 0.29) is 0 Å². The summed E-state index contributed by atoms with van der Waals surface area (Å²) < 4.78 is 5.28. The highest BCUT2D eigenvalue weighted by Crippen LogP contribution is 1.99. The van der Waals surface area contributed by atoms with Crippen molar-refractivity contribution in [2.75, 3.05) is 13.7 Å². The van der Waals surface area contributed by atoms with Crippen molar-refractivity contribution in [3.63, 3.8) is 0 Å². The van der Waals surface area contributed by atoms with Crippen molar-refractivity contribution in [3.8, 4) is 0 Å². The van der Waals surface area contributed by atoms with Crippen LogP contribution in [0.4, 0.5) is 0 Å². The fraction of sp³-hybridized carbons (Fsp3) is 1.00. The Balaban J connectivity index is 3.35. The van der Waals surface area contributed by atoms with Gasteiger partial charge in [-0.3, -0.25) is 0 Å². The molecular formula is C9H21NO. The maximum Gasteiger partial charge on any atom is 0.0695 e. The van der Waals surface area contributed by atoms with Crippen molar-refractivity contribution in [2.45, 2.75) is 45.8 Å². The SMILES string of the molecule is CCCC(CNC(C)C)OC. The Bertz CT molecular complexity index is 83.6. The molecule has 0 bridgehead atoms. The summed E-state index contributed by atoms with van der Waals surface area (Å²) >= 11 is 0. The Labute approximate surface area is 70.3 Å². The molecule has 0 rings (SSSR count). The molecule has 0 aliphatic heterocycles. The van der Waals surface area contributed by atoms with Crippen LogP contribution in [-0.4, -0.2) is 25.8 Å². The van der Waals surface area contributed by atoms with Gasteiger partial charge in [0.1, 0.15) is 0 Å². The molecule has 2 heteroatoms. The van der Waals surface area contributed by atoms with Crippen LogP contribution in [0.15, 0.2) is 0 Å². The molecule has 0 aromatic carbocycles. The topological polar surface area (TPSA) is 21.3 Å². The average molecular weight is 159 g/mol. The molecule has 0 aromatic rings. The molecule has 68 valence electrons. The number of rotatable bonds is 6. The Morgan fingerprint density at radius 3 is 2.36 bits per heavy atom. The summed E-state index contributed by atoms with van der Waals surface area (Å²) in [5.74, 6) is 0. The lowest BCUT2D eigenvalue weighted by molar-refractivity contribution is 0.0921. The second-order valence-electron chi connectivity index (χ2n) is 3.21. The summed E-state index contributed by atoms with van der Waals surface area (Å²) in [5.41, 5.74) is 0. The molecule has 0 aliphatic rings. The summed E-state index contributed by atoms with van der Waals surface area (Å²) in [4.78, 5) is 0. The second-order valence-corrected chi connectivity index (χ2v) is 3.21. The fourth-order valence-electron chi connectivity index (χ4n) is 0.992. The van der Waals surface area contributed by atoms with Gasteiger partial charge in [0.05, 0.1) is 6.10 Å². The second kappa shape index (κ2) is 6.62. The highest BCUT2D eigenvalue weighted by atomic mass is 16.5. The van der Waals surface area contributed by atoms with Crippen LogP contribution < -0.4 is 5.32 Å². The monoisotopic (exact) mass is 159 g/mol. The fourth-order valence-corrected chi connectivity index (χ4v) is 0.992. The van der Waals surface area contributed by atoms with E-state index in [1.807, 2.05) is 0 Å². The van der Waals surface area contributed by atoms with Crippen LogP contribution in [0.5, 0.6) is 0 Å². The van der Waals surface area contributed by atoms with Gasteiger partial charge >= 0.3 is 0 Å². The first kappa shape index (κ1) is 10.9. The van der Waals surface area contributed by atoms with Gasteiger partial charge in [-0.2, -0.15) is 0 Å². The largest absolute Gasteiger partial charge is 0.380 e. The Kier molecular flexibility index (Phi) is 6.57. The van der Waals surface area contributed by atoms with Crippen molar-refractivity contribution in [1.82, 2.24) is 5.32 Å². The summed E-state index contributed by atoms with van der Waals surface area (Å²) in [6, 6.07) is 0.560. The smallest absolute Gasteiger partial charge is 0.0695 e. The standard InChI is InChI=1S/C9H21NO/c1-5-6-9(11-4)7-10-8(2)3/h8-10H,5-7H2,1-4H3. The summed E-state index contributed by atoms with van der Waals surface area (Å²) in [5, 5.41) is 3.36. The molecule has 1 N–H and O–H groups in total. The van der Waals surface area contributed by atoms with Gasteiger partial charge in [-0.05, 0) is 6.42 Å². The lowest BCUT2D eigenvalue weighted by Crippen LogP contribution is -2.32. The van der Waals surface area contributed by atoms with E-state index in [2.05, 4.69) is 26.1 Å². The van der Waals surface area contributed by atoms with E-state index < -0.39 is 0 Å². The van der Waals surface area contributed by atoms with E-state index in [1.54, 1.807) is 7.11 Å². The molecule has 0 heterocycles. The van der Waals surface area contributed by atoms with Crippen LogP contribution in [0.25, 0.3) is 0 Å². The van der Waals surface area contributed by atoms with Crippen molar-refractivity contribution in [3.05, 3.63) is 0 Å². The Hall–Kier alpha value is -0.0800. The quantitative estimate of drug-likeness (QED) is 0.638. The lowest BCUT2D eigenvalue weighted by Gasteiger charge is -2.16. The molecule has 11 heavy (non-hydrogen) atoms. The first-order valence-electron chi connectivity index (χ1n) is 4.46. The number of methoxy groups -OCH3 is 1. The van der Waals surface area contributed by atoms with Crippen LogP contribution in [0, 0.1) is 0 Å². The molecule has 0 amide bonds. The van der Waals surface area contributed by atoms with Gasteiger partial charge in [-0.1, -0.05) is 27.2 Å². The maximum absolute atomic E-state index is 5.28. The minimum Gasteiger partial charge on any atom is -0.380 e. The highest BCUT2D eigenvalue weighted by molar-refractivity contribution is 4.62. The predicted octanol–water partition coefficient (Wildman–Crippen LogP) is 1.80. The van der Waals surface area contributed by atoms with Crippen molar-refractivity contribution >= 4 is 0 Å². The first-order valence-corrected chi connectivity index (χ1v) is 4.46. The lowest BCUT2D eigenvalue weighted by atomic mass is 10.2. The average Bonchev–Trinajstić information content (AvgIpc) is 1.97. The summed E-state index contributed by atoms with van der Waals surface area (Å²) in [6.45, 7) is 7.46. The highest BCUT2D eigenvalue weighted by Gasteiger charge is 2.05. The van der Waals surface area contributed by atoms with Gasteiger partial charge in [0, 0.05) is 19.7 Å². The molecule has 0 fully saturated rings. The van der Waals surface area contributed by atoms with Crippen LogP contribution in [0.2, 0.25) is 0 Å². The first-order chi connectivity index (χ1) is 5.20. The van der Waals surface area contributed by atoms with E-state index >= 15 is 0 Å². The molecule has 2 nitrogen and oxygen atoms in total. The number of ether oxygens (including phenoxy) is 1. The third-order valence-electron chi connectivity index (χ3n) is 1.70. The summed E-state index contributed by atoms with van der Waals surface area (Å²) in [7, 11) is 1.78. The van der Waals surface area contributed by atoms with Crippen molar-refractivity contribution < 1.29 is 4.74 Å². The van der Waals surface area contributed by atoms with Gasteiger partial charge in [0.15, 0.2) is 0 Å². The van der Waals surface area contributed by atoms with E-state index in [4.69, 9.17) is 4.74 Å². The molecule has 0 saturated carbocycles. The third-order valence-corrected chi connectivity index (χ3v) is 1.70. The number of nitrogens with one attached hydrogen (secondary N) is 1. The zero-order valence-corrected chi connectivity index (χ0v) is 8.18. The van der Waals surface area contributed by atoms with Gasteiger partial charge in [-0.25, -0.2) is 0 Å². The molecule has 0 spiro atoms. The molecule has 1 atom stereocenters. The van der Waals surface area contributed by atoms with Gasteiger partial charge in [0.2, 0.25) is 0 Å². The van der Waals surface area contributed by atoms with Crippen LogP contribution in [0.1, 0.15) is 33.6 Å². The molecule has 0 aromatic heterocycles. The van der Waals surface area contributed by atoms with E-state index in [1.165, 1.54) is 6.42 Å². The number of hydrogen-bond acceptors (Lipinski definition) is 2. The van der Waals surface area contributed by atoms with Crippen LogP contribution in [0.3, 0.4) is 0 Å². The number of hydrogen-bond donors (Lipinski definition) is 1. The van der Waals surface area contributed by atoms with E-state index in [0.717, 1.165) is 13.0 Å². The minimum absolute atomic E-state index is 0.391.